The van der Waals surface area contributed by atoms with Crippen LogP contribution in [0.5, 0.6) is 0 Å². The van der Waals surface area contributed by atoms with E-state index in [0.717, 1.165) is 36.7 Å². The zero-order chi connectivity index (χ0) is 9.97. The molecule has 0 unspecified atom stereocenters. The molecule has 76 valence electrons. The highest BCUT2D eigenvalue weighted by Gasteiger charge is 2.19. The third-order valence-electron chi connectivity index (χ3n) is 2.50. The van der Waals surface area contributed by atoms with Crippen LogP contribution in [0.25, 0.3) is 0 Å². The Kier molecular flexibility index (Phi) is 2.54. The monoisotopic (exact) mass is 192 g/mol. The fraction of sp³-hybridized carbons (Fsp3) is 0.400. The number of pyridine rings is 1. The summed E-state index contributed by atoms with van der Waals surface area (Å²) in [5.74, 6) is 0.737. The highest BCUT2D eigenvalue weighted by molar-refractivity contribution is 5.33. The van der Waals surface area contributed by atoms with E-state index in [0.29, 0.717) is 0 Å². The first-order valence-corrected chi connectivity index (χ1v) is 4.76. The maximum absolute atomic E-state index is 11.4. The van der Waals surface area contributed by atoms with Crippen molar-refractivity contribution < 1.29 is 4.73 Å². The predicted molar refractivity (Wildman–Crippen MR) is 54.5 cm³/mol. The van der Waals surface area contributed by atoms with E-state index in [4.69, 9.17) is 0 Å². The molecule has 0 atom stereocenters. The van der Waals surface area contributed by atoms with Crippen LogP contribution in [0.2, 0.25) is 0 Å². The van der Waals surface area contributed by atoms with Crippen molar-refractivity contribution in [2.45, 2.75) is 0 Å². The molecule has 1 fully saturated rings. The minimum absolute atomic E-state index is 0.737. The average Bonchev–Trinajstić information content (AvgIpc) is 2.20. The van der Waals surface area contributed by atoms with Gasteiger partial charge in [0.15, 0.2) is 0 Å². The maximum Gasteiger partial charge on any atom is 0.279 e. The molecule has 2 rings (SSSR count). The van der Waals surface area contributed by atoms with Gasteiger partial charge in [0.05, 0.1) is 19.3 Å². The summed E-state index contributed by atoms with van der Waals surface area (Å²) < 4.78 is 0.915. The van der Waals surface area contributed by atoms with Crippen LogP contribution in [-0.2, 0) is 0 Å². The summed E-state index contributed by atoms with van der Waals surface area (Å²) >= 11 is 0. The van der Waals surface area contributed by atoms with Crippen molar-refractivity contribution in [3.05, 3.63) is 36.7 Å². The van der Waals surface area contributed by atoms with Crippen LogP contribution in [0, 0.1) is 12.3 Å². The fourth-order valence-electron chi connectivity index (χ4n) is 1.64. The van der Waals surface area contributed by atoms with Crippen LogP contribution >= 0.6 is 0 Å². The van der Waals surface area contributed by atoms with Gasteiger partial charge in [-0.2, -0.15) is 0 Å². The van der Waals surface area contributed by atoms with Crippen molar-refractivity contribution >= 4 is 5.82 Å². The molecule has 0 aromatic carbocycles. The number of nitrogens with zero attached hydrogens (tertiary/aromatic N) is 3. The summed E-state index contributed by atoms with van der Waals surface area (Å²) in [4.78, 5) is 4.11. The molecule has 0 radical (unpaired) electrons. The van der Waals surface area contributed by atoms with Gasteiger partial charge in [0.25, 0.3) is 5.82 Å². The summed E-state index contributed by atoms with van der Waals surface area (Å²) in [5.41, 5.74) is 0. The second kappa shape index (κ2) is 3.84. The molecule has 4 nitrogen and oxygen atoms in total. The van der Waals surface area contributed by atoms with Gasteiger partial charge in [-0.15, -0.1) is 0 Å². The van der Waals surface area contributed by atoms with E-state index < -0.39 is 0 Å². The van der Waals surface area contributed by atoms with Crippen LogP contribution in [0.1, 0.15) is 0 Å². The standard InChI is InChI=1S/C10H14N3O/c1-11-6-8-12(9-7-11)10-4-2-3-5-13(10)14/h2-5H,1,6-9H2/q-1. The number of hydrogen-bond acceptors (Lipinski definition) is 3. The van der Waals surface area contributed by atoms with E-state index in [1.807, 2.05) is 17.0 Å². The minimum Gasteiger partial charge on any atom is -0.711 e. The van der Waals surface area contributed by atoms with E-state index in [-0.39, 0.29) is 0 Å². The first kappa shape index (κ1) is 9.27. The molecule has 1 aromatic heterocycles. The fourth-order valence-corrected chi connectivity index (χ4v) is 1.64. The zero-order valence-corrected chi connectivity index (χ0v) is 8.09. The van der Waals surface area contributed by atoms with Gasteiger partial charge in [0, 0.05) is 19.2 Å². The van der Waals surface area contributed by atoms with Gasteiger partial charge in [0.2, 0.25) is 0 Å². The molecule has 0 spiro atoms. The predicted octanol–water partition coefficient (Wildman–Crippen LogP) is 0.234. The molecule has 1 aliphatic heterocycles. The maximum atomic E-state index is 11.4. The Morgan fingerprint density at radius 3 is 2.57 bits per heavy atom. The number of aromatic nitrogens is 1. The SMILES string of the molecule is [CH2-]N1CCN(c2cccc[n+]2[O-])CC1. The molecule has 1 saturated heterocycles. The second-order valence-electron chi connectivity index (χ2n) is 3.49. The molecule has 14 heavy (non-hydrogen) atoms. The van der Waals surface area contributed by atoms with Gasteiger partial charge < -0.3 is 10.1 Å². The van der Waals surface area contributed by atoms with Crippen molar-refractivity contribution in [1.82, 2.24) is 4.90 Å². The molecule has 0 bridgehead atoms. The summed E-state index contributed by atoms with van der Waals surface area (Å²) in [7, 11) is 3.87. The molecule has 1 aliphatic rings. The van der Waals surface area contributed by atoms with Gasteiger partial charge in [-0.05, 0) is 6.07 Å². The van der Waals surface area contributed by atoms with Crippen LogP contribution in [0.15, 0.2) is 24.4 Å². The van der Waals surface area contributed by atoms with Crippen LogP contribution in [-0.4, -0.2) is 31.1 Å². The number of piperazine rings is 1. The number of hydrogen-bond donors (Lipinski definition) is 0. The Labute approximate surface area is 83.9 Å². The van der Waals surface area contributed by atoms with Gasteiger partial charge in [-0.3, -0.25) is 11.9 Å². The largest absolute Gasteiger partial charge is 0.711 e. The van der Waals surface area contributed by atoms with E-state index in [1.165, 1.54) is 6.20 Å². The topological polar surface area (TPSA) is 33.4 Å². The molecule has 0 aliphatic carbocycles. The molecule has 1 aromatic rings. The third-order valence-corrected chi connectivity index (χ3v) is 2.50. The Bertz CT molecular complexity index is 308. The lowest BCUT2D eigenvalue weighted by Crippen LogP contribution is -2.48. The van der Waals surface area contributed by atoms with E-state index in [9.17, 15) is 5.21 Å². The van der Waals surface area contributed by atoms with Crippen molar-refractivity contribution in [3.63, 3.8) is 0 Å². The molecule has 0 saturated carbocycles. The Morgan fingerprint density at radius 2 is 1.93 bits per heavy atom. The van der Waals surface area contributed by atoms with E-state index >= 15 is 0 Å². The zero-order valence-electron chi connectivity index (χ0n) is 8.09. The number of rotatable bonds is 1. The van der Waals surface area contributed by atoms with Crippen LogP contribution < -0.4 is 9.63 Å². The summed E-state index contributed by atoms with van der Waals surface area (Å²) in [6.07, 6.45) is 1.53. The molecular weight excluding hydrogens is 178 g/mol. The summed E-state index contributed by atoms with van der Waals surface area (Å²) in [6, 6.07) is 5.49. The third kappa shape index (κ3) is 1.80. The molecule has 0 amide bonds. The number of anilines is 1. The van der Waals surface area contributed by atoms with Crippen molar-refractivity contribution in [2.24, 2.45) is 0 Å². The van der Waals surface area contributed by atoms with Crippen molar-refractivity contribution in [3.8, 4) is 0 Å². The first-order valence-electron chi connectivity index (χ1n) is 4.76. The highest BCUT2D eigenvalue weighted by Crippen LogP contribution is 2.10. The molecular formula is C10H14N3O-. The van der Waals surface area contributed by atoms with Crippen molar-refractivity contribution in [2.75, 3.05) is 31.1 Å². The lowest BCUT2D eigenvalue weighted by Gasteiger charge is -2.34. The Morgan fingerprint density at radius 1 is 1.21 bits per heavy atom. The first-order chi connectivity index (χ1) is 6.77. The summed E-state index contributed by atoms with van der Waals surface area (Å²) in [5, 5.41) is 11.4. The van der Waals surface area contributed by atoms with Crippen molar-refractivity contribution in [1.29, 1.82) is 0 Å². The smallest absolute Gasteiger partial charge is 0.279 e. The second-order valence-corrected chi connectivity index (χ2v) is 3.49. The van der Waals surface area contributed by atoms with E-state index in [1.54, 1.807) is 6.07 Å². The molecule has 0 N–H and O–H groups in total. The Hall–Kier alpha value is -1.29. The lowest BCUT2D eigenvalue weighted by atomic mass is 10.3. The molecule has 2 heterocycles. The normalized spacial score (nSPS) is 18.5. The van der Waals surface area contributed by atoms with Crippen LogP contribution in [0.3, 0.4) is 0 Å². The van der Waals surface area contributed by atoms with E-state index in [2.05, 4.69) is 11.9 Å². The van der Waals surface area contributed by atoms with Gasteiger partial charge in [-0.1, -0.05) is 6.07 Å². The van der Waals surface area contributed by atoms with Gasteiger partial charge in [-0.25, -0.2) is 4.73 Å². The minimum atomic E-state index is 0.737. The Balaban J connectivity index is 2.12. The average molecular weight is 192 g/mol. The van der Waals surface area contributed by atoms with Gasteiger partial charge in [0.1, 0.15) is 0 Å². The summed E-state index contributed by atoms with van der Waals surface area (Å²) in [6.45, 7) is 3.56. The lowest BCUT2D eigenvalue weighted by molar-refractivity contribution is -0.592. The van der Waals surface area contributed by atoms with Crippen LogP contribution in [0.4, 0.5) is 5.82 Å². The highest BCUT2D eigenvalue weighted by atomic mass is 16.5. The quantitative estimate of drug-likeness (QED) is 0.363. The van der Waals surface area contributed by atoms with Gasteiger partial charge >= 0.3 is 0 Å². The molecule has 4 heteroatoms.